The summed E-state index contributed by atoms with van der Waals surface area (Å²) in [6.45, 7) is 1.79. The SMILES string of the molecule is CN(C)c1ccc(C(=O)N2CCN(C(=O)c3ccc(=O)[nH]n3)CC2)cc1. The zero-order valence-corrected chi connectivity index (χ0v) is 14.8. The molecule has 1 aromatic carbocycles. The number of nitrogens with one attached hydrogen (secondary N) is 1. The zero-order valence-electron chi connectivity index (χ0n) is 14.8. The molecule has 0 spiro atoms. The predicted molar refractivity (Wildman–Crippen MR) is 97.4 cm³/mol. The van der Waals surface area contributed by atoms with Gasteiger partial charge in [-0.3, -0.25) is 14.4 Å². The predicted octanol–water partition coefficient (Wildman–Crippen LogP) is 0.434. The van der Waals surface area contributed by atoms with Crippen LogP contribution in [-0.4, -0.2) is 72.1 Å². The maximum absolute atomic E-state index is 12.6. The van der Waals surface area contributed by atoms with Crippen molar-refractivity contribution >= 4 is 17.5 Å². The zero-order chi connectivity index (χ0) is 18.7. The van der Waals surface area contributed by atoms with Crippen LogP contribution in [0.25, 0.3) is 0 Å². The van der Waals surface area contributed by atoms with E-state index in [-0.39, 0.29) is 23.1 Å². The topological polar surface area (TPSA) is 89.6 Å². The van der Waals surface area contributed by atoms with E-state index in [4.69, 9.17) is 0 Å². The third-order valence-corrected chi connectivity index (χ3v) is 4.38. The van der Waals surface area contributed by atoms with Gasteiger partial charge >= 0.3 is 0 Å². The smallest absolute Gasteiger partial charge is 0.274 e. The van der Waals surface area contributed by atoms with Crippen LogP contribution in [0.15, 0.2) is 41.2 Å². The fourth-order valence-electron chi connectivity index (χ4n) is 2.82. The van der Waals surface area contributed by atoms with Crippen molar-refractivity contribution in [2.75, 3.05) is 45.2 Å². The summed E-state index contributed by atoms with van der Waals surface area (Å²) in [4.78, 5) is 41.4. The van der Waals surface area contributed by atoms with E-state index in [2.05, 4.69) is 10.2 Å². The van der Waals surface area contributed by atoms with Gasteiger partial charge in [0.15, 0.2) is 0 Å². The number of carbonyl (C=O) groups excluding carboxylic acids is 2. The number of benzene rings is 1. The number of hydrogen-bond acceptors (Lipinski definition) is 5. The van der Waals surface area contributed by atoms with Gasteiger partial charge in [-0.2, -0.15) is 5.10 Å². The van der Waals surface area contributed by atoms with Crippen LogP contribution in [0.3, 0.4) is 0 Å². The lowest BCUT2D eigenvalue weighted by Crippen LogP contribution is -2.50. The molecular weight excluding hydrogens is 334 g/mol. The van der Waals surface area contributed by atoms with Crippen LogP contribution in [0.1, 0.15) is 20.8 Å². The van der Waals surface area contributed by atoms with E-state index in [1.54, 1.807) is 9.80 Å². The van der Waals surface area contributed by atoms with Gasteiger partial charge in [0.05, 0.1) is 0 Å². The number of anilines is 1. The molecule has 1 aromatic heterocycles. The molecule has 0 atom stereocenters. The molecule has 0 radical (unpaired) electrons. The summed E-state index contributed by atoms with van der Waals surface area (Å²) in [6.07, 6.45) is 0. The Labute approximate surface area is 151 Å². The Kier molecular flexibility index (Phi) is 5.01. The number of H-pyrrole nitrogens is 1. The second-order valence-electron chi connectivity index (χ2n) is 6.33. The molecule has 3 rings (SSSR count). The summed E-state index contributed by atoms with van der Waals surface area (Å²) in [5, 5.41) is 6.02. The van der Waals surface area contributed by atoms with Gasteiger partial charge in [0.1, 0.15) is 5.69 Å². The molecule has 0 bridgehead atoms. The van der Waals surface area contributed by atoms with Crippen LogP contribution < -0.4 is 10.5 Å². The Morgan fingerprint density at radius 3 is 2.00 bits per heavy atom. The molecule has 1 aliphatic heterocycles. The van der Waals surface area contributed by atoms with Gasteiger partial charge < -0.3 is 14.7 Å². The fourth-order valence-corrected chi connectivity index (χ4v) is 2.82. The molecule has 136 valence electrons. The summed E-state index contributed by atoms with van der Waals surface area (Å²) >= 11 is 0. The molecule has 8 nitrogen and oxygen atoms in total. The number of carbonyl (C=O) groups is 2. The Hall–Kier alpha value is -3.16. The van der Waals surface area contributed by atoms with Crippen LogP contribution in [0.5, 0.6) is 0 Å². The minimum absolute atomic E-state index is 0.0374. The lowest BCUT2D eigenvalue weighted by molar-refractivity contribution is 0.0531. The van der Waals surface area contributed by atoms with Crippen LogP contribution in [0, 0.1) is 0 Å². The molecule has 2 heterocycles. The highest BCUT2D eigenvalue weighted by atomic mass is 16.2. The Bertz CT molecular complexity index is 831. The lowest BCUT2D eigenvalue weighted by Gasteiger charge is -2.34. The molecule has 0 unspecified atom stereocenters. The molecule has 1 saturated heterocycles. The molecule has 0 saturated carbocycles. The highest BCUT2D eigenvalue weighted by molar-refractivity contribution is 5.95. The van der Waals surface area contributed by atoms with Gasteiger partial charge in [0.25, 0.3) is 17.4 Å². The third kappa shape index (κ3) is 3.74. The number of hydrogen-bond donors (Lipinski definition) is 1. The normalized spacial score (nSPS) is 14.2. The van der Waals surface area contributed by atoms with Crippen molar-refractivity contribution < 1.29 is 9.59 Å². The summed E-state index contributed by atoms with van der Waals surface area (Å²) in [6, 6.07) is 10.1. The van der Waals surface area contributed by atoms with Crippen LogP contribution in [0.2, 0.25) is 0 Å². The van der Waals surface area contributed by atoms with E-state index in [0.717, 1.165) is 5.69 Å². The lowest BCUT2D eigenvalue weighted by atomic mass is 10.1. The molecule has 1 N–H and O–H groups in total. The number of amides is 2. The van der Waals surface area contributed by atoms with Crippen molar-refractivity contribution in [1.82, 2.24) is 20.0 Å². The van der Waals surface area contributed by atoms with Gasteiger partial charge in [-0.1, -0.05) is 0 Å². The van der Waals surface area contributed by atoms with E-state index in [9.17, 15) is 14.4 Å². The van der Waals surface area contributed by atoms with Crippen molar-refractivity contribution in [1.29, 1.82) is 0 Å². The van der Waals surface area contributed by atoms with E-state index in [0.29, 0.717) is 31.7 Å². The first-order chi connectivity index (χ1) is 12.5. The Morgan fingerprint density at radius 1 is 0.923 bits per heavy atom. The monoisotopic (exact) mass is 355 g/mol. The Balaban J connectivity index is 1.60. The molecule has 2 aromatic rings. The van der Waals surface area contributed by atoms with Crippen molar-refractivity contribution in [2.45, 2.75) is 0 Å². The summed E-state index contributed by atoms with van der Waals surface area (Å²) in [5.74, 6) is -0.284. The van der Waals surface area contributed by atoms with Gasteiger partial charge in [-0.25, -0.2) is 5.10 Å². The molecule has 8 heteroatoms. The van der Waals surface area contributed by atoms with Gasteiger partial charge in [0.2, 0.25) is 0 Å². The highest BCUT2D eigenvalue weighted by Gasteiger charge is 2.26. The maximum atomic E-state index is 12.6. The second-order valence-corrected chi connectivity index (χ2v) is 6.33. The number of nitrogens with zero attached hydrogens (tertiary/aromatic N) is 4. The largest absolute Gasteiger partial charge is 0.378 e. The standard InChI is InChI=1S/C18H21N5O3/c1-21(2)14-5-3-13(4-6-14)17(25)22-9-11-23(12-10-22)18(26)15-7-8-16(24)20-19-15/h3-8H,9-12H2,1-2H3,(H,20,24). The Morgan fingerprint density at radius 2 is 1.50 bits per heavy atom. The molecular formula is C18H21N5O3. The van der Waals surface area contributed by atoms with Crippen LogP contribution >= 0.6 is 0 Å². The van der Waals surface area contributed by atoms with Gasteiger partial charge in [0, 0.05) is 57.6 Å². The van der Waals surface area contributed by atoms with E-state index in [1.165, 1.54) is 12.1 Å². The minimum atomic E-state index is -0.350. The number of aromatic nitrogens is 2. The van der Waals surface area contributed by atoms with Gasteiger partial charge in [-0.15, -0.1) is 0 Å². The number of aromatic amines is 1. The van der Waals surface area contributed by atoms with Crippen molar-refractivity contribution in [3.05, 3.63) is 58.0 Å². The average molecular weight is 355 g/mol. The van der Waals surface area contributed by atoms with E-state index in [1.807, 2.05) is 43.3 Å². The quantitative estimate of drug-likeness (QED) is 0.863. The number of piperazine rings is 1. The summed E-state index contributed by atoms with van der Waals surface area (Å²) in [5.41, 5.74) is 1.52. The molecule has 1 fully saturated rings. The van der Waals surface area contributed by atoms with Crippen molar-refractivity contribution in [3.63, 3.8) is 0 Å². The minimum Gasteiger partial charge on any atom is -0.378 e. The first kappa shape index (κ1) is 17.7. The molecule has 2 amide bonds. The van der Waals surface area contributed by atoms with Crippen LogP contribution in [0.4, 0.5) is 5.69 Å². The van der Waals surface area contributed by atoms with Gasteiger partial charge in [-0.05, 0) is 30.3 Å². The van der Waals surface area contributed by atoms with Crippen molar-refractivity contribution in [3.8, 4) is 0 Å². The first-order valence-corrected chi connectivity index (χ1v) is 8.37. The summed E-state index contributed by atoms with van der Waals surface area (Å²) in [7, 11) is 3.90. The third-order valence-electron chi connectivity index (χ3n) is 4.38. The van der Waals surface area contributed by atoms with E-state index < -0.39 is 0 Å². The molecule has 0 aliphatic carbocycles. The van der Waals surface area contributed by atoms with E-state index >= 15 is 0 Å². The van der Waals surface area contributed by atoms with Crippen molar-refractivity contribution in [2.24, 2.45) is 0 Å². The number of rotatable bonds is 3. The maximum Gasteiger partial charge on any atom is 0.274 e. The average Bonchev–Trinajstić information content (AvgIpc) is 2.67. The molecule has 1 aliphatic rings. The highest BCUT2D eigenvalue weighted by Crippen LogP contribution is 2.15. The second kappa shape index (κ2) is 7.38. The van der Waals surface area contributed by atoms with Crippen LogP contribution in [-0.2, 0) is 0 Å². The first-order valence-electron chi connectivity index (χ1n) is 8.37. The summed E-state index contributed by atoms with van der Waals surface area (Å²) < 4.78 is 0. The molecule has 26 heavy (non-hydrogen) atoms. The fraction of sp³-hybridized carbons (Fsp3) is 0.333.